The lowest BCUT2D eigenvalue weighted by Crippen LogP contribution is -2.46. The van der Waals surface area contributed by atoms with E-state index in [1.807, 2.05) is 6.92 Å². The molecule has 1 atom stereocenters. The molecule has 2 amide bonds. The molecule has 4 N–H and O–H groups in total. The zero-order valence-electron chi connectivity index (χ0n) is 10.9. The van der Waals surface area contributed by atoms with E-state index in [1.54, 1.807) is 6.20 Å². The van der Waals surface area contributed by atoms with Crippen molar-refractivity contribution in [3.05, 3.63) is 18.2 Å². The third kappa shape index (κ3) is 4.59. The normalized spacial score (nSPS) is 11.7. The molecule has 0 bridgehead atoms. The van der Waals surface area contributed by atoms with Crippen LogP contribution >= 0.6 is 0 Å². The monoisotopic (exact) mass is 284 g/mol. The SMILES string of the molecule is CCC(NC(=O)N(CC(=O)O)CC(=O)O)c1ncc[nH]1. The van der Waals surface area contributed by atoms with Crippen molar-refractivity contribution in [2.45, 2.75) is 19.4 Å². The number of amides is 2. The fraction of sp³-hybridized carbons (Fsp3) is 0.455. The van der Waals surface area contributed by atoms with Gasteiger partial charge in [-0.2, -0.15) is 0 Å². The summed E-state index contributed by atoms with van der Waals surface area (Å²) in [5.41, 5.74) is 0. The number of imidazole rings is 1. The van der Waals surface area contributed by atoms with Crippen molar-refractivity contribution in [3.63, 3.8) is 0 Å². The van der Waals surface area contributed by atoms with E-state index in [-0.39, 0.29) is 0 Å². The number of urea groups is 1. The highest BCUT2D eigenvalue weighted by atomic mass is 16.4. The Morgan fingerprint density at radius 1 is 1.35 bits per heavy atom. The third-order valence-corrected chi connectivity index (χ3v) is 2.49. The number of hydrogen-bond donors (Lipinski definition) is 4. The number of carbonyl (C=O) groups is 3. The molecular weight excluding hydrogens is 268 g/mol. The first-order valence-corrected chi connectivity index (χ1v) is 5.92. The van der Waals surface area contributed by atoms with Crippen molar-refractivity contribution in [1.29, 1.82) is 0 Å². The predicted octanol–water partition coefficient (Wildman–Crippen LogP) is 0.0416. The Morgan fingerprint density at radius 3 is 2.35 bits per heavy atom. The van der Waals surface area contributed by atoms with Gasteiger partial charge in [0.25, 0.3) is 0 Å². The predicted molar refractivity (Wildman–Crippen MR) is 67.0 cm³/mol. The van der Waals surface area contributed by atoms with E-state index < -0.39 is 37.1 Å². The second-order valence-corrected chi connectivity index (χ2v) is 4.03. The Hall–Kier alpha value is -2.58. The van der Waals surface area contributed by atoms with Gasteiger partial charge in [0.1, 0.15) is 18.9 Å². The molecule has 0 aromatic carbocycles. The summed E-state index contributed by atoms with van der Waals surface area (Å²) in [7, 11) is 0. The first-order valence-electron chi connectivity index (χ1n) is 5.92. The van der Waals surface area contributed by atoms with Gasteiger partial charge in [-0.25, -0.2) is 9.78 Å². The number of aliphatic carboxylic acids is 2. The second-order valence-electron chi connectivity index (χ2n) is 4.03. The summed E-state index contributed by atoms with van der Waals surface area (Å²) < 4.78 is 0. The summed E-state index contributed by atoms with van der Waals surface area (Å²) in [4.78, 5) is 40.8. The largest absolute Gasteiger partial charge is 0.480 e. The Morgan fingerprint density at radius 2 is 1.95 bits per heavy atom. The average Bonchev–Trinajstić information content (AvgIpc) is 2.87. The van der Waals surface area contributed by atoms with Gasteiger partial charge in [0.2, 0.25) is 0 Å². The van der Waals surface area contributed by atoms with Crippen molar-refractivity contribution in [1.82, 2.24) is 20.2 Å². The fourth-order valence-corrected chi connectivity index (χ4v) is 1.60. The number of carbonyl (C=O) groups excluding carboxylic acids is 1. The van der Waals surface area contributed by atoms with Gasteiger partial charge in [0.15, 0.2) is 0 Å². The van der Waals surface area contributed by atoms with Crippen LogP contribution in [0.5, 0.6) is 0 Å². The van der Waals surface area contributed by atoms with Crippen molar-refractivity contribution in [3.8, 4) is 0 Å². The van der Waals surface area contributed by atoms with Crippen molar-refractivity contribution in [2.24, 2.45) is 0 Å². The van der Waals surface area contributed by atoms with Gasteiger partial charge in [0.05, 0.1) is 6.04 Å². The molecule has 0 saturated heterocycles. The minimum Gasteiger partial charge on any atom is -0.480 e. The van der Waals surface area contributed by atoms with Crippen LogP contribution in [-0.4, -0.2) is 56.1 Å². The lowest BCUT2D eigenvalue weighted by Gasteiger charge is -2.22. The Bertz CT molecular complexity index is 457. The molecule has 0 aliphatic heterocycles. The van der Waals surface area contributed by atoms with Crippen LogP contribution in [0.3, 0.4) is 0 Å². The van der Waals surface area contributed by atoms with Gasteiger partial charge >= 0.3 is 18.0 Å². The van der Waals surface area contributed by atoms with E-state index in [9.17, 15) is 14.4 Å². The minimum absolute atomic E-state index is 0.442. The number of rotatable bonds is 7. The van der Waals surface area contributed by atoms with Gasteiger partial charge in [-0.05, 0) is 6.42 Å². The van der Waals surface area contributed by atoms with E-state index in [0.29, 0.717) is 17.1 Å². The maximum Gasteiger partial charge on any atom is 0.323 e. The number of carboxylic acid groups (broad SMARTS) is 2. The first-order chi connectivity index (χ1) is 9.43. The number of nitrogens with one attached hydrogen (secondary N) is 2. The molecule has 1 aromatic rings. The van der Waals surface area contributed by atoms with Gasteiger partial charge in [-0.1, -0.05) is 6.92 Å². The van der Waals surface area contributed by atoms with Crippen LogP contribution in [0.25, 0.3) is 0 Å². The number of carboxylic acids is 2. The van der Waals surface area contributed by atoms with Crippen LogP contribution in [0.2, 0.25) is 0 Å². The topological polar surface area (TPSA) is 136 Å². The molecular formula is C11H16N4O5. The summed E-state index contributed by atoms with van der Waals surface area (Å²) in [6.45, 7) is 0.436. The Kier molecular flexibility index (Phi) is 5.51. The molecule has 9 nitrogen and oxygen atoms in total. The number of H-pyrrole nitrogens is 1. The van der Waals surface area contributed by atoms with Crippen molar-refractivity contribution < 1.29 is 24.6 Å². The highest BCUT2D eigenvalue weighted by molar-refractivity contribution is 5.84. The molecule has 0 spiro atoms. The summed E-state index contributed by atoms with van der Waals surface area (Å²) in [5.74, 6) is -2.05. The highest BCUT2D eigenvalue weighted by Crippen LogP contribution is 2.11. The van der Waals surface area contributed by atoms with E-state index in [2.05, 4.69) is 15.3 Å². The van der Waals surface area contributed by atoms with Gasteiger partial charge in [0, 0.05) is 12.4 Å². The second kappa shape index (κ2) is 7.12. The third-order valence-electron chi connectivity index (χ3n) is 2.49. The quantitative estimate of drug-likeness (QED) is 0.558. The molecule has 9 heteroatoms. The van der Waals surface area contributed by atoms with Crippen LogP contribution < -0.4 is 5.32 Å². The first kappa shape index (κ1) is 15.5. The molecule has 0 radical (unpaired) electrons. The smallest absolute Gasteiger partial charge is 0.323 e. The number of nitrogens with zero attached hydrogens (tertiary/aromatic N) is 2. The maximum atomic E-state index is 11.9. The average molecular weight is 284 g/mol. The van der Waals surface area contributed by atoms with Crippen LogP contribution in [0.4, 0.5) is 4.79 Å². The maximum absolute atomic E-state index is 11.9. The van der Waals surface area contributed by atoms with Gasteiger partial charge in [-0.3, -0.25) is 9.59 Å². The lowest BCUT2D eigenvalue weighted by molar-refractivity contribution is -0.140. The van der Waals surface area contributed by atoms with E-state index in [4.69, 9.17) is 10.2 Å². The minimum atomic E-state index is -1.28. The number of aromatic amines is 1. The van der Waals surface area contributed by atoms with Crippen LogP contribution in [0.1, 0.15) is 25.2 Å². The summed E-state index contributed by atoms with van der Waals surface area (Å²) >= 11 is 0. The zero-order chi connectivity index (χ0) is 15.1. The summed E-state index contributed by atoms with van der Waals surface area (Å²) in [6, 6.07) is -1.21. The zero-order valence-corrected chi connectivity index (χ0v) is 10.9. The van der Waals surface area contributed by atoms with Crippen molar-refractivity contribution in [2.75, 3.05) is 13.1 Å². The molecule has 0 fully saturated rings. The molecule has 110 valence electrons. The highest BCUT2D eigenvalue weighted by Gasteiger charge is 2.23. The van der Waals surface area contributed by atoms with E-state index in [0.717, 1.165) is 0 Å². The molecule has 1 aromatic heterocycles. The Labute approximate surface area is 114 Å². The molecule has 1 heterocycles. The summed E-state index contributed by atoms with van der Waals surface area (Å²) in [5, 5.41) is 19.9. The molecule has 20 heavy (non-hydrogen) atoms. The number of aromatic nitrogens is 2. The molecule has 0 aliphatic carbocycles. The van der Waals surface area contributed by atoms with E-state index in [1.165, 1.54) is 6.20 Å². The molecule has 1 rings (SSSR count). The van der Waals surface area contributed by atoms with Crippen molar-refractivity contribution >= 4 is 18.0 Å². The van der Waals surface area contributed by atoms with Gasteiger partial charge < -0.3 is 25.4 Å². The molecule has 0 aliphatic rings. The fourth-order valence-electron chi connectivity index (χ4n) is 1.60. The standard InChI is InChI=1S/C11H16N4O5/c1-2-7(10-12-3-4-13-10)14-11(20)15(5-8(16)17)6-9(18)19/h3-4,7H,2,5-6H2,1H3,(H,12,13)(H,14,20)(H,16,17)(H,18,19). The van der Waals surface area contributed by atoms with Gasteiger partial charge in [-0.15, -0.1) is 0 Å². The Balaban J connectivity index is 2.73. The van der Waals surface area contributed by atoms with Crippen LogP contribution in [-0.2, 0) is 9.59 Å². The lowest BCUT2D eigenvalue weighted by atomic mass is 10.2. The number of hydrogen-bond acceptors (Lipinski definition) is 4. The van der Waals surface area contributed by atoms with E-state index >= 15 is 0 Å². The molecule has 0 saturated carbocycles. The van der Waals surface area contributed by atoms with Crippen LogP contribution in [0, 0.1) is 0 Å². The summed E-state index contributed by atoms with van der Waals surface area (Å²) in [6.07, 6.45) is 3.64. The molecule has 1 unspecified atom stereocenters. The van der Waals surface area contributed by atoms with Crippen LogP contribution in [0.15, 0.2) is 12.4 Å².